The van der Waals surface area contributed by atoms with Crippen molar-refractivity contribution in [2.45, 2.75) is 5.16 Å². The van der Waals surface area contributed by atoms with E-state index in [1.807, 2.05) is 0 Å². The number of methoxy groups -OCH3 is 1. The number of aromatic nitrogens is 3. The number of hydrogen-bond donors (Lipinski definition) is 0. The second kappa shape index (κ2) is 6.04. The van der Waals surface area contributed by atoms with Crippen LogP contribution < -0.4 is 9.75 Å². The molecule has 1 aliphatic rings. The first-order chi connectivity index (χ1) is 11.8. The Kier molecular flexibility index (Phi) is 3.73. The number of nitrogens with zero attached hydrogens (tertiary/aromatic N) is 4. The lowest BCUT2D eigenvalue weighted by Gasteiger charge is -2.28. The molecule has 4 rings (SSSR count). The van der Waals surface area contributed by atoms with E-state index in [2.05, 4.69) is 10.2 Å². The molecule has 0 N–H and O–H groups in total. The number of benzene rings is 1. The largest absolute Gasteiger partial charge is 0.497 e. The van der Waals surface area contributed by atoms with Crippen LogP contribution in [0, 0.1) is 0 Å². The summed E-state index contributed by atoms with van der Waals surface area (Å²) < 4.78 is 12.3. The predicted octanol–water partition coefficient (Wildman–Crippen LogP) is 2.43. The fraction of sp³-hybridized carbons (Fsp3) is 0.188. The second-order valence-corrected chi connectivity index (χ2v) is 6.16. The average Bonchev–Trinajstić information content (AvgIpc) is 3.30. The highest BCUT2D eigenvalue weighted by Gasteiger charge is 2.29. The number of carbonyl (C=O) groups excluding carboxylic acids is 1. The molecule has 1 aliphatic heterocycles. The van der Waals surface area contributed by atoms with E-state index in [9.17, 15) is 4.79 Å². The van der Waals surface area contributed by atoms with Crippen molar-refractivity contribution in [2.75, 3.05) is 24.4 Å². The van der Waals surface area contributed by atoms with Gasteiger partial charge in [0.25, 0.3) is 5.91 Å². The van der Waals surface area contributed by atoms with Gasteiger partial charge in [-0.2, -0.15) is 0 Å². The van der Waals surface area contributed by atoms with Crippen molar-refractivity contribution in [3.8, 4) is 17.3 Å². The Morgan fingerprint density at radius 2 is 2.08 bits per heavy atom. The predicted molar refractivity (Wildman–Crippen MR) is 88.9 cm³/mol. The first-order valence-electron chi connectivity index (χ1n) is 7.36. The smallest absolute Gasteiger partial charge is 0.272 e. The Hall–Kier alpha value is -2.74. The van der Waals surface area contributed by atoms with Crippen LogP contribution in [0.2, 0.25) is 0 Å². The van der Waals surface area contributed by atoms with Crippen LogP contribution in [0.15, 0.2) is 52.2 Å². The third-order valence-corrected chi connectivity index (χ3v) is 4.60. The van der Waals surface area contributed by atoms with Crippen LogP contribution in [0.25, 0.3) is 11.6 Å². The van der Waals surface area contributed by atoms with Gasteiger partial charge in [-0.1, -0.05) is 11.8 Å². The Balaban J connectivity index is 1.73. The summed E-state index contributed by atoms with van der Waals surface area (Å²) in [7, 11) is 1.60. The molecule has 0 saturated heterocycles. The molecule has 24 heavy (non-hydrogen) atoms. The van der Waals surface area contributed by atoms with Crippen LogP contribution in [-0.2, 0) is 0 Å². The van der Waals surface area contributed by atoms with Crippen LogP contribution in [0.4, 0.5) is 0 Å². The molecule has 0 atom stereocenters. The number of rotatable bonds is 3. The van der Waals surface area contributed by atoms with Gasteiger partial charge in [-0.3, -0.25) is 4.79 Å². The summed E-state index contributed by atoms with van der Waals surface area (Å²) in [6.45, 7) is 0.564. The molecule has 0 spiro atoms. The molecule has 7 nitrogen and oxygen atoms in total. The van der Waals surface area contributed by atoms with Gasteiger partial charge in [0.2, 0.25) is 11.0 Å². The highest BCUT2D eigenvalue weighted by molar-refractivity contribution is 7.99. The maximum absolute atomic E-state index is 13.0. The number of ether oxygens (including phenoxy) is 1. The van der Waals surface area contributed by atoms with E-state index in [0.29, 0.717) is 34.6 Å². The lowest BCUT2D eigenvalue weighted by atomic mass is 10.2. The topological polar surface area (TPSA) is 73.4 Å². The highest BCUT2D eigenvalue weighted by Crippen LogP contribution is 2.28. The van der Waals surface area contributed by atoms with Crippen molar-refractivity contribution in [2.24, 2.45) is 0 Å². The van der Waals surface area contributed by atoms with Crippen LogP contribution in [-0.4, -0.2) is 40.2 Å². The van der Waals surface area contributed by atoms with E-state index in [4.69, 9.17) is 9.15 Å². The fourth-order valence-corrected chi connectivity index (χ4v) is 3.38. The van der Waals surface area contributed by atoms with Crippen molar-refractivity contribution >= 4 is 17.7 Å². The fourth-order valence-electron chi connectivity index (χ4n) is 2.53. The number of carbonyl (C=O) groups is 1. The quantitative estimate of drug-likeness (QED) is 0.728. The van der Waals surface area contributed by atoms with E-state index in [0.717, 1.165) is 5.75 Å². The van der Waals surface area contributed by atoms with Gasteiger partial charge >= 0.3 is 0 Å². The summed E-state index contributed by atoms with van der Waals surface area (Å²) in [5, 5.41) is 10.7. The van der Waals surface area contributed by atoms with Gasteiger partial charge in [0.1, 0.15) is 5.75 Å². The molecule has 1 amide bonds. The molecular weight excluding hydrogens is 328 g/mol. The molecule has 0 unspecified atom stereocenters. The highest BCUT2D eigenvalue weighted by atomic mass is 32.2. The number of hydrogen-bond acceptors (Lipinski definition) is 6. The molecule has 0 aliphatic carbocycles. The van der Waals surface area contributed by atoms with Crippen LogP contribution >= 0.6 is 11.8 Å². The zero-order valence-electron chi connectivity index (χ0n) is 12.9. The molecule has 1 aromatic carbocycles. The Bertz CT molecular complexity index is 858. The van der Waals surface area contributed by atoms with Crippen LogP contribution in [0.1, 0.15) is 10.4 Å². The molecule has 3 aromatic rings. The molecule has 0 radical (unpaired) electrons. The number of amides is 1. The van der Waals surface area contributed by atoms with E-state index in [-0.39, 0.29) is 5.91 Å². The Labute approximate surface area is 142 Å². The summed E-state index contributed by atoms with van der Waals surface area (Å²) in [5.41, 5.74) is 0.577. The van der Waals surface area contributed by atoms with Crippen molar-refractivity contribution in [3.05, 3.63) is 48.2 Å². The minimum absolute atomic E-state index is 0.119. The zero-order chi connectivity index (χ0) is 16.5. The number of thioether (sulfide) groups is 1. The molecule has 0 saturated carbocycles. The van der Waals surface area contributed by atoms with Crippen molar-refractivity contribution in [3.63, 3.8) is 0 Å². The van der Waals surface area contributed by atoms with Gasteiger partial charge in [0, 0.05) is 11.3 Å². The summed E-state index contributed by atoms with van der Waals surface area (Å²) in [6, 6.07) is 10.6. The molecular formula is C16H14N4O3S. The van der Waals surface area contributed by atoms with Crippen molar-refractivity contribution < 1.29 is 13.9 Å². The van der Waals surface area contributed by atoms with Crippen molar-refractivity contribution in [1.82, 2.24) is 14.9 Å². The monoisotopic (exact) mass is 342 g/mol. The third-order valence-electron chi connectivity index (χ3n) is 3.70. The summed E-state index contributed by atoms with van der Waals surface area (Å²) >= 11 is 1.56. The second-order valence-electron chi connectivity index (χ2n) is 5.10. The molecule has 2 aromatic heterocycles. The third kappa shape index (κ3) is 2.44. The first kappa shape index (κ1) is 14.8. The summed E-state index contributed by atoms with van der Waals surface area (Å²) in [6.07, 6.45) is 1.57. The van der Waals surface area contributed by atoms with Gasteiger partial charge < -0.3 is 9.15 Å². The van der Waals surface area contributed by atoms with E-state index < -0.39 is 0 Å². The van der Waals surface area contributed by atoms with Crippen molar-refractivity contribution in [1.29, 1.82) is 0 Å². The maximum Gasteiger partial charge on any atom is 0.272 e. The van der Waals surface area contributed by atoms with E-state index in [1.165, 1.54) is 0 Å². The van der Waals surface area contributed by atoms with Gasteiger partial charge in [0.15, 0.2) is 5.76 Å². The lowest BCUT2D eigenvalue weighted by molar-refractivity contribution is 0.0956. The molecule has 8 heteroatoms. The van der Waals surface area contributed by atoms with Gasteiger partial charge in [0.05, 0.1) is 19.9 Å². The summed E-state index contributed by atoms with van der Waals surface area (Å²) in [4.78, 5) is 13.0. The van der Waals surface area contributed by atoms with Gasteiger partial charge in [-0.25, -0.2) is 9.69 Å². The Morgan fingerprint density at radius 3 is 2.79 bits per heavy atom. The van der Waals surface area contributed by atoms with Gasteiger partial charge in [-0.05, 0) is 36.4 Å². The minimum Gasteiger partial charge on any atom is -0.497 e. The average molecular weight is 342 g/mol. The zero-order valence-corrected chi connectivity index (χ0v) is 13.7. The Morgan fingerprint density at radius 1 is 1.25 bits per heavy atom. The maximum atomic E-state index is 13.0. The molecule has 3 heterocycles. The van der Waals surface area contributed by atoms with Crippen LogP contribution in [0.5, 0.6) is 5.75 Å². The first-order valence-corrected chi connectivity index (χ1v) is 8.35. The van der Waals surface area contributed by atoms with Crippen LogP contribution in [0.3, 0.4) is 0 Å². The molecule has 0 fully saturated rings. The van der Waals surface area contributed by atoms with Gasteiger partial charge in [-0.15, -0.1) is 10.2 Å². The molecule has 0 bridgehead atoms. The van der Waals surface area contributed by atoms with E-state index in [1.54, 1.807) is 71.2 Å². The minimum atomic E-state index is -0.119. The lowest BCUT2D eigenvalue weighted by Crippen LogP contribution is -2.45. The van der Waals surface area contributed by atoms with E-state index >= 15 is 0 Å². The summed E-state index contributed by atoms with van der Waals surface area (Å²) in [5.74, 6) is 2.44. The SMILES string of the molecule is COc1ccc(C(=O)N2CCSc3nnc(-c4ccco4)n32)cc1. The number of fused-ring (bicyclic) bond motifs is 1. The normalized spacial score (nSPS) is 13.6. The number of furan rings is 1. The standard InChI is InChI=1S/C16H14N4O3S/c1-22-12-6-4-11(5-7-12)15(21)19-8-10-24-16-18-17-14(20(16)19)13-3-2-9-23-13/h2-7,9H,8,10H2,1H3. The molecule has 122 valence electrons.